The molecule has 0 saturated carbocycles. The first-order valence-corrected chi connectivity index (χ1v) is 3.76. The van der Waals surface area contributed by atoms with Gasteiger partial charge in [-0.25, -0.2) is 0 Å². The maximum atomic E-state index is 10.4. The van der Waals surface area contributed by atoms with Crippen LogP contribution in [0.3, 0.4) is 0 Å². The monoisotopic (exact) mass is 182 g/mol. The Kier molecular flexibility index (Phi) is 2.94. The van der Waals surface area contributed by atoms with Gasteiger partial charge in [-0.05, 0) is 5.56 Å². The second-order valence-corrected chi connectivity index (χ2v) is 2.64. The van der Waals surface area contributed by atoms with Gasteiger partial charge >= 0.3 is 0 Å². The molecule has 1 aromatic carbocycles. The van der Waals surface area contributed by atoms with Crippen LogP contribution in [-0.2, 0) is 0 Å². The molecule has 0 unspecified atom stereocenters. The van der Waals surface area contributed by atoms with Crippen LogP contribution in [0.25, 0.3) is 0 Å². The number of nitrogens with zero attached hydrogens (tertiary/aromatic N) is 1. The topological polar surface area (TPSA) is 89.4 Å². The highest BCUT2D eigenvalue weighted by Gasteiger charge is 2.09. The van der Waals surface area contributed by atoms with Crippen molar-refractivity contribution >= 4 is 5.69 Å². The first-order chi connectivity index (χ1) is 6.15. The Morgan fingerprint density at radius 2 is 2.31 bits per heavy atom. The lowest BCUT2D eigenvalue weighted by atomic mass is 10.1. The normalized spacial score (nSPS) is 12.5. The second kappa shape index (κ2) is 3.97. The van der Waals surface area contributed by atoms with Crippen molar-refractivity contribution < 1.29 is 10.0 Å². The molecule has 5 heteroatoms. The molecule has 1 rings (SSSR count). The van der Waals surface area contributed by atoms with E-state index in [4.69, 9.17) is 10.8 Å². The Morgan fingerprint density at radius 1 is 1.62 bits per heavy atom. The lowest BCUT2D eigenvalue weighted by Crippen LogP contribution is -2.14. The van der Waals surface area contributed by atoms with Crippen LogP contribution in [0.15, 0.2) is 24.3 Å². The third-order valence-corrected chi connectivity index (χ3v) is 1.71. The van der Waals surface area contributed by atoms with E-state index in [2.05, 4.69) is 0 Å². The summed E-state index contributed by atoms with van der Waals surface area (Å²) in [6.45, 7) is -0.221. The summed E-state index contributed by atoms with van der Waals surface area (Å²) in [5.74, 6) is 0. The minimum Gasteiger partial charge on any atom is -0.394 e. The van der Waals surface area contributed by atoms with E-state index in [9.17, 15) is 10.1 Å². The van der Waals surface area contributed by atoms with Gasteiger partial charge in [0.1, 0.15) is 0 Å². The van der Waals surface area contributed by atoms with E-state index >= 15 is 0 Å². The molecule has 5 nitrogen and oxygen atoms in total. The van der Waals surface area contributed by atoms with Crippen molar-refractivity contribution in [1.82, 2.24) is 0 Å². The highest BCUT2D eigenvalue weighted by atomic mass is 16.6. The van der Waals surface area contributed by atoms with E-state index in [0.29, 0.717) is 5.56 Å². The second-order valence-electron chi connectivity index (χ2n) is 2.64. The third kappa shape index (κ3) is 2.24. The number of hydrogen-bond acceptors (Lipinski definition) is 4. The number of benzene rings is 1. The van der Waals surface area contributed by atoms with Gasteiger partial charge in [-0.15, -0.1) is 0 Å². The van der Waals surface area contributed by atoms with Gasteiger partial charge in [-0.1, -0.05) is 12.1 Å². The molecule has 0 fully saturated rings. The van der Waals surface area contributed by atoms with Crippen molar-refractivity contribution in [1.29, 1.82) is 0 Å². The number of aliphatic hydroxyl groups excluding tert-OH is 1. The molecular weight excluding hydrogens is 172 g/mol. The molecule has 0 aliphatic carbocycles. The first kappa shape index (κ1) is 9.63. The maximum Gasteiger partial charge on any atom is 0.269 e. The average molecular weight is 182 g/mol. The van der Waals surface area contributed by atoms with Crippen LogP contribution in [0.1, 0.15) is 11.6 Å². The largest absolute Gasteiger partial charge is 0.394 e. The van der Waals surface area contributed by atoms with Crippen LogP contribution in [0, 0.1) is 10.1 Å². The van der Waals surface area contributed by atoms with Crippen LogP contribution < -0.4 is 5.73 Å². The smallest absolute Gasteiger partial charge is 0.269 e. The van der Waals surface area contributed by atoms with Gasteiger partial charge in [0.2, 0.25) is 0 Å². The van der Waals surface area contributed by atoms with Crippen LogP contribution in [0.2, 0.25) is 0 Å². The van der Waals surface area contributed by atoms with Crippen molar-refractivity contribution in [3.63, 3.8) is 0 Å². The standard InChI is InChI=1S/C8H10N2O3/c9-8(5-11)6-2-1-3-7(4-6)10(12)13/h1-4,8,11H,5,9H2/t8-/m0/s1. The predicted molar refractivity (Wildman–Crippen MR) is 47.1 cm³/mol. The molecule has 0 aliphatic rings. The van der Waals surface area contributed by atoms with Crippen molar-refractivity contribution in [2.24, 2.45) is 5.73 Å². The Labute approximate surface area is 74.9 Å². The number of nitro benzene ring substituents is 1. The van der Waals surface area contributed by atoms with Gasteiger partial charge in [-0.2, -0.15) is 0 Å². The van der Waals surface area contributed by atoms with E-state index in [1.54, 1.807) is 12.1 Å². The third-order valence-electron chi connectivity index (χ3n) is 1.71. The molecule has 3 N–H and O–H groups in total. The first-order valence-electron chi connectivity index (χ1n) is 3.76. The van der Waals surface area contributed by atoms with Gasteiger partial charge < -0.3 is 10.8 Å². The SMILES string of the molecule is N[C@@H](CO)c1cccc([N+](=O)[O-])c1. The summed E-state index contributed by atoms with van der Waals surface area (Å²) in [5, 5.41) is 19.1. The predicted octanol–water partition coefficient (Wildman–Crippen LogP) is 0.587. The van der Waals surface area contributed by atoms with E-state index in [0.717, 1.165) is 0 Å². The molecule has 13 heavy (non-hydrogen) atoms. The summed E-state index contributed by atoms with van der Waals surface area (Å²) in [7, 11) is 0. The fourth-order valence-electron chi connectivity index (χ4n) is 0.974. The zero-order valence-corrected chi connectivity index (χ0v) is 6.88. The minimum absolute atomic E-state index is 0.0126. The number of rotatable bonds is 3. The van der Waals surface area contributed by atoms with Gasteiger partial charge in [-0.3, -0.25) is 10.1 Å². The van der Waals surface area contributed by atoms with Gasteiger partial charge in [0, 0.05) is 12.1 Å². The summed E-state index contributed by atoms with van der Waals surface area (Å²) in [6.07, 6.45) is 0. The van der Waals surface area contributed by atoms with E-state index in [1.165, 1.54) is 12.1 Å². The molecule has 0 spiro atoms. The molecule has 1 atom stereocenters. The van der Waals surface area contributed by atoms with Crippen molar-refractivity contribution in [2.75, 3.05) is 6.61 Å². The molecule has 0 radical (unpaired) electrons. The van der Waals surface area contributed by atoms with Gasteiger partial charge in [0.25, 0.3) is 5.69 Å². The zero-order valence-electron chi connectivity index (χ0n) is 6.88. The van der Waals surface area contributed by atoms with E-state index in [-0.39, 0.29) is 12.3 Å². The van der Waals surface area contributed by atoms with Crippen molar-refractivity contribution in [3.8, 4) is 0 Å². The maximum absolute atomic E-state index is 10.4. The van der Waals surface area contributed by atoms with Gasteiger partial charge in [0.15, 0.2) is 0 Å². The Hall–Kier alpha value is -1.46. The fraction of sp³-hybridized carbons (Fsp3) is 0.250. The minimum atomic E-state index is -0.556. The van der Waals surface area contributed by atoms with Crippen LogP contribution in [0.5, 0.6) is 0 Å². The lowest BCUT2D eigenvalue weighted by molar-refractivity contribution is -0.384. The zero-order chi connectivity index (χ0) is 9.84. The Morgan fingerprint density at radius 3 is 2.85 bits per heavy atom. The summed E-state index contributed by atoms with van der Waals surface area (Å²) in [5.41, 5.74) is 6.04. The number of nitrogens with two attached hydrogens (primary N) is 1. The molecular formula is C8H10N2O3. The molecule has 0 aromatic heterocycles. The van der Waals surface area contributed by atoms with Crippen molar-refractivity contribution in [3.05, 3.63) is 39.9 Å². The number of aliphatic hydroxyl groups is 1. The van der Waals surface area contributed by atoms with Crippen molar-refractivity contribution in [2.45, 2.75) is 6.04 Å². The number of nitro groups is 1. The molecule has 0 heterocycles. The Bertz CT molecular complexity index is 314. The van der Waals surface area contributed by atoms with E-state index < -0.39 is 11.0 Å². The molecule has 0 bridgehead atoms. The van der Waals surface area contributed by atoms with Gasteiger partial charge in [0.05, 0.1) is 17.6 Å². The lowest BCUT2D eigenvalue weighted by Gasteiger charge is -2.06. The molecule has 1 aromatic rings. The quantitative estimate of drug-likeness (QED) is 0.528. The molecule has 0 saturated heterocycles. The summed E-state index contributed by atoms with van der Waals surface area (Å²) in [4.78, 5) is 9.87. The van der Waals surface area contributed by atoms with E-state index in [1.807, 2.05) is 0 Å². The highest BCUT2D eigenvalue weighted by molar-refractivity contribution is 5.35. The van der Waals surface area contributed by atoms with Crippen LogP contribution in [-0.4, -0.2) is 16.6 Å². The summed E-state index contributed by atoms with van der Waals surface area (Å²) < 4.78 is 0. The molecule has 0 amide bonds. The summed E-state index contributed by atoms with van der Waals surface area (Å²) in [6, 6.07) is 5.38. The average Bonchev–Trinajstić information content (AvgIpc) is 2.17. The number of non-ortho nitro benzene ring substituents is 1. The van der Waals surface area contributed by atoms with Crippen LogP contribution >= 0.6 is 0 Å². The Balaban J connectivity index is 2.98. The molecule has 70 valence electrons. The molecule has 0 aliphatic heterocycles. The highest BCUT2D eigenvalue weighted by Crippen LogP contribution is 2.17. The number of hydrogen-bond donors (Lipinski definition) is 2. The fourth-order valence-corrected chi connectivity index (χ4v) is 0.974. The van der Waals surface area contributed by atoms with Crippen LogP contribution in [0.4, 0.5) is 5.69 Å². The summed E-state index contributed by atoms with van der Waals surface area (Å²) >= 11 is 0.